The molecule has 5 N–H and O–H groups in total. The summed E-state index contributed by atoms with van der Waals surface area (Å²) >= 11 is 0. The summed E-state index contributed by atoms with van der Waals surface area (Å²) in [4.78, 5) is 69.7. The van der Waals surface area contributed by atoms with Crippen molar-refractivity contribution in [2.24, 2.45) is 5.73 Å². The molecule has 0 aromatic carbocycles. The van der Waals surface area contributed by atoms with E-state index in [4.69, 9.17) is 34.5 Å². The first-order valence-corrected chi connectivity index (χ1v) is 12.6. The predicted octanol–water partition coefficient (Wildman–Crippen LogP) is -0.862. The molecule has 1 saturated heterocycles. The van der Waals surface area contributed by atoms with Gasteiger partial charge in [0.15, 0.2) is 18.5 Å². The number of ether oxygens (including phenoxy) is 5. The number of aliphatic carboxylic acids is 1. The highest BCUT2D eigenvalue weighted by Crippen LogP contribution is 2.28. The van der Waals surface area contributed by atoms with Gasteiger partial charge in [0.2, 0.25) is 11.8 Å². The van der Waals surface area contributed by atoms with E-state index in [1.165, 1.54) is 13.8 Å². The van der Waals surface area contributed by atoms with Crippen molar-refractivity contribution >= 4 is 35.7 Å². The number of nitrogens with one attached hydrogen (secondary N) is 2. The maximum absolute atomic E-state index is 12.1. The maximum Gasteiger partial charge on any atom is 0.320 e. The summed E-state index contributed by atoms with van der Waals surface area (Å²) in [5.74, 6) is -3.88. The van der Waals surface area contributed by atoms with E-state index >= 15 is 0 Å². The predicted molar refractivity (Wildman–Crippen MR) is 132 cm³/mol. The quantitative estimate of drug-likeness (QED) is 0.102. The molecule has 0 aromatic rings. The van der Waals surface area contributed by atoms with Gasteiger partial charge in [0.05, 0.1) is 6.61 Å². The molecule has 0 saturated carbocycles. The number of rotatable bonds is 16. The number of carboxylic acid groups (broad SMARTS) is 1. The van der Waals surface area contributed by atoms with E-state index in [2.05, 4.69) is 10.6 Å². The molecule has 0 bridgehead atoms. The zero-order valence-electron chi connectivity index (χ0n) is 22.6. The van der Waals surface area contributed by atoms with Crippen LogP contribution in [0.5, 0.6) is 0 Å². The Hall–Kier alpha value is -3.30. The minimum absolute atomic E-state index is 0.00689. The van der Waals surface area contributed by atoms with Gasteiger partial charge in [0, 0.05) is 40.7 Å². The van der Waals surface area contributed by atoms with Crippen LogP contribution in [0.25, 0.3) is 0 Å². The third-order valence-corrected chi connectivity index (χ3v) is 5.48. The molecule has 0 spiro atoms. The molecule has 6 atom stereocenters. The monoisotopic (exact) mass is 561 g/mol. The summed E-state index contributed by atoms with van der Waals surface area (Å²) in [6, 6.07) is -2.02. The van der Waals surface area contributed by atoms with E-state index in [1.54, 1.807) is 0 Å². The first-order chi connectivity index (χ1) is 18.3. The van der Waals surface area contributed by atoms with Crippen LogP contribution in [0.15, 0.2) is 0 Å². The van der Waals surface area contributed by atoms with Crippen molar-refractivity contribution in [3.05, 3.63) is 0 Å². The molecule has 222 valence electrons. The number of hydrogen-bond donors (Lipinski definition) is 4. The Kier molecular flexibility index (Phi) is 15.0. The molecule has 0 aliphatic carbocycles. The summed E-state index contributed by atoms with van der Waals surface area (Å²) in [6.45, 7) is 4.71. The lowest BCUT2D eigenvalue weighted by Gasteiger charge is -2.44. The van der Waals surface area contributed by atoms with Crippen molar-refractivity contribution in [1.29, 1.82) is 0 Å². The van der Waals surface area contributed by atoms with Crippen LogP contribution in [0.1, 0.15) is 59.8 Å². The number of carbonyl (C=O) groups is 6. The fourth-order valence-electron chi connectivity index (χ4n) is 3.79. The standard InChI is InChI=1S/C24H39N3O12/c1-13(28)27-20-22(38-16(4)31)21(37-15(3)30)18(12-36-14(2)29)39-24(20)35-11-7-9-19(32)26-10-6-5-8-17(25)23(33)34/h17-18,20-22,24H,5-12,25H2,1-4H3,(H,26,32)(H,27,28)(H,33,34)/t17-,18?,20?,21-,22+,24+/m0/s1. The van der Waals surface area contributed by atoms with E-state index in [1.807, 2.05) is 0 Å². The minimum atomic E-state index is -1.23. The van der Waals surface area contributed by atoms with Crippen molar-refractivity contribution in [1.82, 2.24) is 10.6 Å². The summed E-state index contributed by atoms with van der Waals surface area (Å²) in [5.41, 5.74) is 5.43. The zero-order chi connectivity index (χ0) is 29.5. The zero-order valence-corrected chi connectivity index (χ0v) is 22.6. The molecule has 2 amide bonds. The van der Waals surface area contributed by atoms with Gasteiger partial charge in [-0.05, 0) is 25.7 Å². The van der Waals surface area contributed by atoms with Crippen LogP contribution in [0, 0.1) is 0 Å². The van der Waals surface area contributed by atoms with Crippen LogP contribution in [0.2, 0.25) is 0 Å². The summed E-state index contributed by atoms with van der Waals surface area (Å²) < 4.78 is 27.4. The number of nitrogens with two attached hydrogens (primary N) is 1. The number of carbonyl (C=O) groups excluding carboxylic acids is 5. The Morgan fingerprint density at radius 2 is 1.56 bits per heavy atom. The Morgan fingerprint density at radius 3 is 2.13 bits per heavy atom. The Balaban J connectivity index is 2.78. The Labute approximate surface area is 226 Å². The Bertz CT molecular complexity index is 867. The third kappa shape index (κ3) is 13.4. The number of esters is 3. The largest absolute Gasteiger partial charge is 0.480 e. The second kappa shape index (κ2) is 17.3. The average Bonchev–Trinajstić information content (AvgIpc) is 2.82. The summed E-state index contributed by atoms with van der Waals surface area (Å²) in [5, 5.41) is 14.1. The van der Waals surface area contributed by atoms with Crippen LogP contribution in [0.4, 0.5) is 0 Å². The van der Waals surface area contributed by atoms with Gasteiger partial charge in [-0.15, -0.1) is 0 Å². The van der Waals surface area contributed by atoms with Crippen LogP contribution in [0.3, 0.4) is 0 Å². The highest BCUT2D eigenvalue weighted by Gasteiger charge is 2.51. The number of carboxylic acids is 1. The normalized spacial score (nSPS) is 23.2. The maximum atomic E-state index is 12.1. The highest BCUT2D eigenvalue weighted by molar-refractivity contribution is 5.76. The number of hydrogen-bond acceptors (Lipinski definition) is 12. The van der Waals surface area contributed by atoms with Gasteiger partial charge in [0.1, 0.15) is 24.8 Å². The lowest BCUT2D eigenvalue weighted by molar-refractivity contribution is -0.277. The lowest BCUT2D eigenvalue weighted by Crippen LogP contribution is -2.66. The smallest absolute Gasteiger partial charge is 0.320 e. The van der Waals surface area contributed by atoms with Gasteiger partial charge in [-0.1, -0.05) is 0 Å². The molecule has 39 heavy (non-hydrogen) atoms. The Morgan fingerprint density at radius 1 is 0.923 bits per heavy atom. The van der Waals surface area contributed by atoms with Gasteiger partial charge < -0.3 is 45.2 Å². The molecule has 2 unspecified atom stereocenters. The fourth-order valence-corrected chi connectivity index (χ4v) is 3.79. The van der Waals surface area contributed by atoms with E-state index < -0.39 is 66.5 Å². The first-order valence-electron chi connectivity index (χ1n) is 12.6. The van der Waals surface area contributed by atoms with E-state index in [-0.39, 0.29) is 32.0 Å². The van der Waals surface area contributed by atoms with Crippen molar-refractivity contribution in [2.75, 3.05) is 19.8 Å². The minimum Gasteiger partial charge on any atom is -0.480 e. The van der Waals surface area contributed by atoms with Crippen LogP contribution >= 0.6 is 0 Å². The van der Waals surface area contributed by atoms with Gasteiger partial charge in [0.25, 0.3) is 0 Å². The molecule has 0 aromatic heterocycles. The van der Waals surface area contributed by atoms with Gasteiger partial charge in [-0.3, -0.25) is 28.8 Å². The lowest BCUT2D eigenvalue weighted by atomic mass is 9.96. The van der Waals surface area contributed by atoms with E-state index in [0.29, 0.717) is 25.8 Å². The second-order valence-corrected chi connectivity index (χ2v) is 8.98. The van der Waals surface area contributed by atoms with Crippen LogP contribution in [-0.4, -0.2) is 97.2 Å². The molecule has 1 heterocycles. The van der Waals surface area contributed by atoms with Crippen molar-refractivity contribution in [3.8, 4) is 0 Å². The average molecular weight is 562 g/mol. The SMILES string of the molecule is CC(=O)NC1[C@H](OCCCC(=O)NCCCC[C@H](N)C(=O)O)OC(COC(C)=O)[C@H](OC(C)=O)[C@@H]1OC(C)=O. The molecule has 0 radical (unpaired) electrons. The summed E-state index contributed by atoms with van der Waals surface area (Å²) in [6.07, 6.45) is -2.95. The fraction of sp³-hybridized carbons (Fsp3) is 0.750. The van der Waals surface area contributed by atoms with E-state index in [0.717, 1.165) is 13.8 Å². The molecule has 1 aliphatic heterocycles. The highest BCUT2D eigenvalue weighted by atomic mass is 16.7. The molecular weight excluding hydrogens is 522 g/mol. The van der Waals surface area contributed by atoms with Crippen molar-refractivity contribution < 1.29 is 57.6 Å². The van der Waals surface area contributed by atoms with Crippen molar-refractivity contribution in [3.63, 3.8) is 0 Å². The van der Waals surface area contributed by atoms with Gasteiger partial charge in [-0.25, -0.2) is 0 Å². The molecule has 1 rings (SSSR count). The van der Waals surface area contributed by atoms with Crippen LogP contribution in [-0.2, 0) is 52.5 Å². The number of amides is 2. The van der Waals surface area contributed by atoms with Gasteiger partial charge >= 0.3 is 23.9 Å². The number of unbranched alkanes of at least 4 members (excludes halogenated alkanes) is 1. The third-order valence-electron chi connectivity index (χ3n) is 5.48. The van der Waals surface area contributed by atoms with E-state index in [9.17, 15) is 28.8 Å². The summed E-state index contributed by atoms with van der Waals surface area (Å²) in [7, 11) is 0. The molecular formula is C24H39N3O12. The molecule has 15 nitrogen and oxygen atoms in total. The van der Waals surface area contributed by atoms with Crippen molar-refractivity contribution in [2.45, 2.75) is 96.5 Å². The first kappa shape index (κ1) is 33.7. The molecule has 15 heteroatoms. The second-order valence-electron chi connectivity index (χ2n) is 8.98. The molecule has 1 fully saturated rings. The molecule has 1 aliphatic rings. The van der Waals surface area contributed by atoms with Gasteiger partial charge in [-0.2, -0.15) is 0 Å². The van der Waals surface area contributed by atoms with Crippen LogP contribution < -0.4 is 16.4 Å². The topological polar surface area (TPSA) is 219 Å².